The highest BCUT2D eigenvalue weighted by Crippen LogP contribution is 2.21. The Morgan fingerprint density at radius 3 is 3.00 bits per heavy atom. The first-order valence-corrected chi connectivity index (χ1v) is 9.53. The van der Waals surface area contributed by atoms with Gasteiger partial charge < -0.3 is 4.74 Å². The van der Waals surface area contributed by atoms with Gasteiger partial charge in [-0.15, -0.1) is 11.8 Å². The lowest BCUT2D eigenvalue weighted by atomic mass is 10.0. The van der Waals surface area contributed by atoms with E-state index in [0.717, 1.165) is 17.9 Å². The van der Waals surface area contributed by atoms with Crippen LogP contribution in [0, 0.1) is 11.7 Å². The molecule has 0 N–H and O–H groups in total. The van der Waals surface area contributed by atoms with Gasteiger partial charge >= 0.3 is 5.97 Å². The van der Waals surface area contributed by atoms with Crippen LogP contribution in [-0.2, 0) is 9.53 Å². The summed E-state index contributed by atoms with van der Waals surface area (Å²) >= 11 is 1.48. The van der Waals surface area contributed by atoms with Gasteiger partial charge in [-0.25, -0.2) is 9.37 Å². The highest BCUT2D eigenvalue weighted by Gasteiger charge is 2.11. The van der Waals surface area contributed by atoms with Gasteiger partial charge in [0.25, 0.3) is 0 Å². The molecule has 0 aromatic carbocycles. The second-order valence-electron chi connectivity index (χ2n) is 5.87. The minimum Gasteiger partial charge on any atom is -0.465 e. The number of imidazole rings is 1. The fourth-order valence-corrected chi connectivity index (χ4v) is 3.35. The normalized spacial score (nSPS) is 12.5. The largest absolute Gasteiger partial charge is 0.465 e. The molecule has 1 atom stereocenters. The molecule has 2 rings (SSSR count). The van der Waals surface area contributed by atoms with E-state index in [1.165, 1.54) is 36.9 Å². The first-order valence-electron chi connectivity index (χ1n) is 8.55. The molecule has 0 bridgehead atoms. The SMILES string of the molecule is CCCCC(CC)COC(=O)CCSc1cnc2ccc(F)cn12. The van der Waals surface area contributed by atoms with Crippen molar-refractivity contribution in [2.45, 2.75) is 51.0 Å². The molecule has 2 aromatic heterocycles. The Morgan fingerprint density at radius 1 is 1.42 bits per heavy atom. The zero-order chi connectivity index (χ0) is 17.4. The fourth-order valence-electron chi connectivity index (χ4n) is 2.46. The van der Waals surface area contributed by atoms with Crippen LogP contribution in [0.25, 0.3) is 5.65 Å². The molecule has 0 aliphatic rings. The summed E-state index contributed by atoms with van der Waals surface area (Å²) in [5.74, 6) is 0.578. The number of unbranched alkanes of at least 4 members (excludes halogenated alkanes) is 1. The van der Waals surface area contributed by atoms with E-state index in [-0.39, 0.29) is 11.8 Å². The van der Waals surface area contributed by atoms with Crippen LogP contribution in [0.4, 0.5) is 4.39 Å². The molecule has 0 fully saturated rings. The lowest BCUT2D eigenvalue weighted by Gasteiger charge is -2.14. The minimum absolute atomic E-state index is 0.169. The van der Waals surface area contributed by atoms with Crippen LogP contribution in [0.2, 0.25) is 0 Å². The zero-order valence-electron chi connectivity index (χ0n) is 14.3. The Bertz CT molecular complexity index is 660. The van der Waals surface area contributed by atoms with Gasteiger partial charge in [0.05, 0.1) is 24.3 Å². The number of halogens is 1. The third-order valence-corrected chi connectivity index (χ3v) is 5.02. The van der Waals surface area contributed by atoms with Crippen molar-refractivity contribution in [3.63, 3.8) is 0 Å². The number of fused-ring (bicyclic) bond motifs is 1. The molecular formula is C18H25FN2O2S. The van der Waals surface area contributed by atoms with Gasteiger partial charge in [-0.05, 0) is 24.5 Å². The van der Waals surface area contributed by atoms with Crippen molar-refractivity contribution in [3.8, 4) is 0 Å². The van der Waals surface area contributed by atoms with Gasteiger partial charge in [0.2, 0.25) is 0 Å². The average molecular weight is 352 g/mol. The molecule has 2 heterocycles. The fraction of sp³-hybridized carbons (Fsp3) is 0.556. The quantitative estimate of drug-likeness (QED) is 0.458. The second kappa shape index (κ2) is 9.67. The van der Waals surface area contributed by atoms with Gasteiger partial charge in [-0.3, -0.25) is 9.20 Å². The summed E-state index contributed by atoms with van der Waals surface area (Å²) < 4.78 is 20.4. The average Bonchev–Trinajstić information content (AvgIpc) is 2.97. The van der Waals surface area contributed by atoms with E-state index in [9.17, 15) is 9.18 Å². The molecule has 132 valence electrons. The Hall–Kier alpha value is -1.56. The van der Waals surface area contributed by atoms with Crippen molar-refractivity contribution in [1.82, 2.24) is 9.38 Å². The summed E-state index contributed by atoms with van der Waals surface area (Å²) in [5.41, 5.74) is 0.697. The number of hydrogen-bond donors (Lipinski definition) is 0. The number of rotatable bonds is 10. The summed E-state index contributed by atoms with van der Waals surface area (Å²) in [6, 6.07) is 3.02. The Balaban J connectivity index is 1.74. The molecule has 2 aromatic rings. The minimum atomic E-state index is -0.306. The van der Waals surface area contributed by atoms with Crippen LogP contribution in [0.5, 0.6) is 0 Å². The molecule has 6 heteroatoms. The predicted molar refractivity (Wildman–Crippen MR) is 94.8 cm³/mol. The number of ether oxygens (including phenoxy) is 1. The number of pyridine rings is 1. The van der Waals surface area contributed by atoms with Crippen LogP contribution >= 0.6 is 11.8 Å². The molecule has 0 aliphatic heterocycles. The van der Waals surface area contributed by atoms with E-state index in [1.807, 2.05) is 0 Å². The van der Waals surface area contributed by atoms with Gasteiger partial charge in [0, 0.05) is 11.9 Å². The highest BCUT2D eigenvalue weighted by atomic mass is 32.2. The first-order chi connectivity index (χ1) is 11.6. The van der Waals surface area contributed by atoms with Gasteiger partial charge in [0.15, 0.2) is 0 Å². The van der Waals surface area contributed by atoms with E-state index >= 15 is 0 Å². The Labute approximate surface area is 146 Å². The smallest absolute Gasteiger partial charge is 0.306 e. The first kappa shape index (κ1) is 18.8. The molecule has 0 radical (unpaired) electrons. The Morgan fingerprint density at radius 2 is 2.25 bits per heavy atom. The van der Waals surface area contributed by atoms with Gasteiger partial charge in [-0.2, -0.15) is 0 Å². The molecule has 0 amide bonds. The number of hydrogen-bond acceptors (Lipinski definition) is 4. The van der Waals surface area contributed by atoms with Crippen molar-refractivity contribution in [3.05, 3.63) is 30.3 Å². The summed E-state index contributed by atoms with van der Waals surface area (Å²) in [4.78, 5) is 16.1. The molecule has 4 nitrogen and oxygen atoms in total. The summed E-state index contributed by atoms with van der Waals surface area (Å²) in [6.45, 7) is 4.82. The molecule has 24 heavy (non-hydrogen) atoms. The van der Waals surface area contributed by atoms with Crippen molar-refractivity contribution < 1.29 is 13.9 Å². The monoisotopic (exact) mass is 352 g/mol. The third-order valence-electron chi connectivity index (χ3n) is 4.01. The van der Waals surface area contributed by atoms with Crippen LogP contribution in [0.15, 0.2) is 29.6 Å². The van der Waals surface area contributed by atoms with E-state index in [4.69, 9.17) is 4.74 Å². The van der Waals surface area contributed by atoms with Crippen molar-refractivity contribution in [2.75, 3.05) is 12.4 Å². The number of aromatic nitrogens is 2. The van der Waals surface area contributed by atoms with Crippen LogP contribution in [0.1, 0.15) is 46.0 Å². The van der Waals surface area contributed by atoms with E-state index in [0.29, 0.717) is 30.3 Å². The lowest BCUT2D eigenvalue weighted by molar-refractivity contribution is -0.144. The summed E-state index contributed by atoms with van der Waals surface area (Å²) in [5, 5.41) is 0.826. The Kier molecular flexibility index (Phi) is 7.56. The number of esters is 1. The number of nitrogens with zero attached hydrogens (tertiary/aromatic N) is 2. The summed E-state index contributed by atoms with van der Waals surface area (Å²) in [6.07, 6.45) is 7.94. The second-order valence-corrected chi connectivity index (χ2v) is 6.99. The number of carbonyl (C=O) groups is 1. The number of carbonyl (C=O) groups excluding carboxylic acids is 1. The van der Waals surface area contributed by atoms with Gasteiger partial charge in [0.1, 0.15) is 11.5 Å². The van der Waals surface area contributed by atoms with Crippen molar-refractivity contribution in [2.24, 2.45) is 5.92 Å². The standard InChI is InChI=1S/C18H25FN2O2S/c1-3-5-6-14(4-2)13-23-18(22)9-10-24-17-11-20-16-8-7-15(19)12-21(16)17/h7-8,11-12,14H,3-6,9-10,13H2,1-2H3. The molecule has 1 unspecified atom stereocenters. The maximum absolute atomic E-state index is 13.3. The summed E-state index contributed by atoms with van der Waals surface area (Å²) in [7, 11) is 0. The topological polar surface area (TPSA) is 43.6 Å². The molecule has 0 saturated heterocycles. The third kappa shape index (κ3) is 5.51. The zero-order valence-corrected chi connectivity index (χ0v) is 15.2. The molecule has 0 saturated carbocycles. The lowest BCUT2D eigenvalue weighted by Crippen LogP contribution is -2.14. The predicted octanol–water partition coefficient (Wildman–Crippen LogP) is 4.72. The highest BCUT2D eigenvalue weighted by molar-refractivity contribution is 7.99. The van der Waals surface area contributed by atoms with Crippen LogP contribution < -0.4 is 0 Å². The van der Waals surface area contributed by atoms with Crippen LogP contribution in [0.3, 0.4) is 0 Å². The van der Waals surface area contributed by atoms with E-state index < -0.39 is 0 Å². The number of thioether (sulfide) groups is 1. The van der Waals surface area contributed by atoms with Gasteiger partial charge in [-0.1, -0.05) is 33.1 Å². The maximum atomic E-state index is 13.3. The van der Waals surface area contributed by atoms with Crippen molar-refractivity contribution in [1.29, 1.82) is 0 Å². The molecular weight excluding hydrogens is 327 g/mol. The van der Waals surface area contributed by atoms with Crippen molar-refractivity contribution >= 4 is 23.4 Å². The maximum Gasteiger partial charge on any atom is 0.306 e. The van der Waals surface area contributed by atoms with E-state index in [2.05, 4.69) is 18.8 Å². The molecule has 0 spiro atoms. The molecule has 0 aliphatic carbocycles. The van der Waals surface area contributed by atoms with Crippen LogP contribution in [-0.4, -0.2) is 27.7 Å². The van der Waals surface area contributed by atoms with E-state index in [1.54, 1.807) is 16.7 Å².